The highest BCUT2D eigenvalue weighted by Crippen LogP contribution is 2.13. The van der Waals surface area contributed by atoms with Crippen LogP contribution in [0.25, 0.3) is 0 Å². The van der Waals surface area contributed by atoms with E-state index in [2.05, 4.69) is 20.4 Å². The van der Waals surface area contributed by atoms with Crippen LogP contribution in [0.15, 0.2) is 24.3 Å². The molecule has 2 rings (SSSR count). The Kier molecular flexibility index (Phi) is 8.84. The quantitative estimate of drug-likeness (QED) is 0.624. The van der Waals surface area contributed by atoms with Gasteiger partial charge in [0.05, 0.1) is 13.2 Å². The van der Waals surface area contributed by atoms with Gasteiger partial charge >= 0.3 is 0 Å². The predicted octanol–water partition coefficient (Wildman–Crippen LogP) is 1.05. The maximum absolute atomic E-state index is 12.0. The number of halogens is 1. The lowest BCUT2D eigenvalue weighted by atomic mass is 10.2. The van der Waals surface area contributed by atoms with Gasteiger partial charge in [0, 0.05) is 63.5 Å². The first-order chi connectivity index (χ1) is 12.6. The number of nitrogens with one attached hydrogen (secondary N) is 2. The summed E-state index contributed by atoms with van der Waals surface area (Å²) in [5.74, 6) is 0.0186. The van der Waals surface area contributed by atoms with Crippen molar-refractivity contribution in [1.29, 1.82) is 0 Å². The number of methoxy groups -OCH3 is 1. The summed E-state index contributed by atoms with van der Waals surface area (Å²) in [7, 11) is 1.61. The fourth-order valence-corrected chi connectivity index (χ4v) is 2.86. The average molecular weight is 383 g/mol. The molecule has 1 heterocycles. The van der Waals surface area contributed by atoms with Crippen molar-refractivity contribution in [3.8, 4) is 0 Å². The molecule has 7 nitrogen and oxygen atoms in total. The molecule has 8 heteroatoms. The van der Waals surface area contributed by atoms with E-state index in [1.165, 1.54) is 0 Å². The van der Waals surface area contributed by atoms with Gasteiger partial charge in [0.1, 0.15) is 0 Å². The Labute approximate surface area is 159 Å². The first-order valence-corrected chi connectivity index (χ1v) is 9.20. The molecule has 0 unspecified atom stereocenters. The fourth-order valence-electron chi connectivity index (χ4n) is 2.74. The third kappa shape index (κ3) is 7.70. The Morgan fingerprint density at radius 2 is 1.73 bits per heavy atom. The van der Waals surface area contributed by atoms with Crippen molar-refractivity contribution in [2.45, 2.75) is 6.42 Å². The number of anilines is 1. The number of carbonyl (C=O) groups is 2. The molecule has 144 valence electrons. The van der Waals surface area contributed by atoms with Crippen molar-refractivity contribution in [3.63, 3.8) is 0 Å². The van der Waals surface area contributed by atoms with Crippen LogP contribution in [-0.4, -0.2) is 81.1 Å². The fraction of sp³-hybridized carbons (Fsp3) is 0.556. The van der Waals surface area contributed by atoms with Crippen molar-refractivity contribution in [2.24, 2.45) is 0 Å². The molecular weight excluding hydrogens is 356 g/mol. The van der Waals surface area contributed by atoms with Gasteiger partial charge in [0.2, 0.25) is 11.8 Å². The summed E-state index contributed by atoms with van der Waals surface area (Å²) in [4.78, 5) is 28.2. The largest absolute Gasteiger partial charge is 0.383 e. The monoisotopic (exact) mass is 382 g/mol. The molecule has 0 bridgehead atoms. The molecule has 1 aromatic carbocycles. The minimum absolute atomic E-state index is 0.00715. The molecule has 2 N–H and O–H groups in total. The highest BCUT2D eigenvalue weighted by molar-refractivity contribution is 6.30. The topological polar surface area (TPSA) is 73.9 Å². The third-order valence-electron chi connectivity index (χ3n) is 4.24. The van der Waals surface area contributed by atoms with Gasteiger partial charge < -0.3 is 20.3 Å². The van der Waals surface area contributed by atoms with Gasteiger partial charge in [-0.1, -0.05) is 11.6 Å². The number of nitrogens with zero attached hydrogens (tertiary/aromatic N) is 2. The predicted molar refractivity (Wildman–Crippen MR) is 102 cm³/mol. The highest BCUT2D eigenvalue weighted by Gasteiger charge is 2.19. The van der Waals surface area contributed by atoms with E-state index < -0.39 is 0 Å². The van der Waals surface area contributed by atoms with E-state index >= 15 is 0 Å². The number of ether oxygens (including phenoxy) is 1. The van der Waals surface area contributed by atoms with Gasteiger partial charge in [-0.05, 0) is 24.3 Å². The van der Waals surface area contributed by atoms with Crippen molar-refractivity contribution >= 4 is 29.1 Å². The molecule has 0 aromatic heterocycles. The maximum Gasteiger partial charge on any atom is 0.234 e. The summed E-state index contributed by atoms with van der Waals surface area (Å²) >= 11 is 5.83. The van der Waals surface area contributed by atoms with E-state index in [1.807, 2.05) is 0 Å². The molecular formula is C18H27ClN4O3. The molecule has 2 amide bonds. The first kappa shape index (κ1) is 20.6. The molecule has 26 heavy (non-hydrogen) atoms. The van der Waals surface area contributed by atoms with E-state index in [4.69, 9.17) is 16.3 Å². The summed E-state index contributed by atoms with van der Waals surface area (Å²) < 4.78 is 4.91. The van der Waals surface area contributed by atoms with Crippen LogP contribution in [0.5, 0.6) is 0 Å². The van der Waals surface area contributed by atoms with Gasteiger partial charge in [0.15, 0.2) is 0 Å². The molecule has 1 fully saturated rings. The van der Waals surface area contributed by atoms with Crippen LogP contribution in [0.1, 0.15) is 6.42 Å². The molecule has 0 spiro atoms. The van der Waals surface area contributed by atoms with Crippen molar-refractivity contribution in [2.75, 3.05) is 64.8 Å². The number of amides is 2. The Morgan fingerprint density at radius 3 is 2.38 bits per heavy atom. The van der Waals surface area contributed by atoms with Crippen molar-refractivity contribution < 1.29 is 14.3 Å². The summed E-state index contributed by atoms with van der Waals surface area (Å²) in [6.07, 6.45) is 0.445. The second-order valence-corrected chi connectivity index (χ2v) is 6.70. The SMILES string of the molecule is COCCNC(=O)CN1CCN(CCC(=O)Nc2ccc(Cl)cc2)CC1. The smallest absolute Gasteiger partial charge is 0.234 e. The van der Waals surface area contributed by atoms with Crippen molar-refractivity contribution in [1.82, 2.24) is 15.1 Å². The van der Waals surface area contributed by atoms with Gasteiger partial charge in [-0.3, -0.25) is 14.5 Å². The number of hydrogen-bond acceptors (Lipinski definition) is 5. The van der Waals surface area contributed by atoms with E-state index in [-0.39, 0.29) is 11.8 Å². The number of rotatable bonds is 9. The summed E-state index contributed by atoms with van der Waals surface area (Å²) in [6.45, 7) is 5.57. The second-order valence-electron chi connectivity index (χ2n) is 6.27. The minimum atomic E-state index is -0.00715. The van der Waals surface area contributed by atoms with Gasteiger partial charge in [-0.2, -0.15) is 0 Å². The lowest BCUT2D eigenvalue weighted by molar-refractivity contribution is -0.122. The van der Waals surface area contributed by atoms with E-state index in [1.54, 1.807) is 31.4 Å². The standard InChI is InChI=1S/C18H27ClN4O3/c1-26-13-7-20-18(25)14-23-11-9-22(10-12-23)8-6-17(24)21-16-4-2-15(19)3-5-16/h2-5H,6-14H2,1H3,(H,20,25)(H,21,24). The molecule has 0 radical (unpaired) electrons. The van der Waals surface area contributed by atoms with Gasteiger partial charge in [0.25, 0.3) is 0 Å². The van der Waals surface area contributed by atoms with Crippen LogP contribution in [-0.2, 0) is 14.3 Å². The Morgan fingerprint density at radius 1 is 1.08 bits per heavy atom. The van der Waals surface area contributed by atoms with Crippen LogP contribution in [0.3, 0.4) is 0 Å². The van der Waals surface area contributed by atoms with Crippen LogP contribution in [0, 0.1) is 0 Å². The highest BCUT2D eigenvalue weighted by atomic mass is 35.5. The zero-order chi connectivity index (χ0) is 18.8. The Bertz CT molecular complexity index is 574. The first-order valence-electron chi connectivity index (χ1n) is 8.82. The maximum atomic E-state index is 12.0. The van der Waals surface area contributed by atoms with Gasteiger partial charge in [-0.25, -0.2) is 0 Å². The Hall–Kier alpha value is -1.67. The van der Waals surface area contributed by atoms with E-state index in [9.17, 15) is 9.59 Å². The summed E-state index contributed by atoms with van der Waals surface area (Å²) in [5, 5.41) is 6.35. The number of piperazine rings is 1. The number of carbonyl (C=O) groups excluding carboxylic acids is 2. The number of benzene rings is 1. The van der Waals surface area contributed by atoms with Crippen LogP contribution in [0.4, 0.5) is 5.69 Å². The molecule has 1 aliphatic rings. The van der Waals surface area contributed by atoms with Gasteiger partial charge in [-0.15, -0.1) is 0 Å². The minimum Gasteiger partial charge on any atom is -0.383 e. The zero-order valence-corrected chi connectivity index (χ0v) is 15.9. The molecule has 1 aromatic rings. The summed E-state index contributed by atoms with van der Waals surface area (Å²) in [5.41, 5.74) is 0.753. The molecule has 1 aliphatic heterocycles. The van der Waals surface area contributed by atoms with E-state index in [0.29, 0.717) is 37.7 Å². The molecule has 1 saturated heterocycles. The van der Waals surface area contributed by atoms with Crippen LogP contribution in [0.2, 0.25) is 5.02 Å². The zero-order valence-electron chi connectivity index (χ0n) is 15.2. The van der Waals surface area contributed by atoms with Crippen molar-refractivity contribution in [3.05, 3.63) is 29.3 Å². The molecule has 0 aliphatic carbocycles. The lowest BCUT2D eigenvalue weighted by Gasteiger charge is -2.34. The molecule has 0 saturated carbocycles. The average Bonchev–Trinajstić information content (AvgIpc) is 2.63. The third-order valence-corrected chi connectivity index (χ3v) is 4.50. The second kappa shape index (κ2) is 11.1. The van der Waals surface area contributed by atoms with Crippen LogP contribution < -0.4 is 10.6 Å². The van der Waals surface area contributed by atoms with Crippen LogP contribution >= 0.6 is 11.6 Å². The summed E-state index contributed by atoms with van der Waals surface area (Å²) in [6, 6.07) is 7.08. The normalized spacial score (nSPS) is 15.6. The lowest BCUT2D eigenvalue weighted by Crippen LogP contribution is -2.50. The molecule has 0 atom stereocenters. The Balaban J connectivity index is 1.60. The van der Waals surface area contributed by atoms with E-state index in [0.717, 1.165) is 31.9 Å². The number of hydrogen-bond donors (Lipinski definition) is 2.